The van der Waals surface area contributed by atoms with E-state index in [0.29, 0.717) is 11.6 Å². The number of hydrogen-bond donors (Lipinski definition) is 1. The molecule has 1 aromatic carbocycles. The van der Waals surface area contributed by atoms with Gasteiger partial charge in [-0.25, -0.2) is 8.42 Å². The number of aryl methyl sites for hydroxylation is 2. The molecular weight excluding hydrogens is 294 g/mol. The van der Waals surface area contributed by atoms with Gasteiger partial charge < -0.3 is 5.32 Å². The second kappa shape index (κ2) is 6.04. The van der Waals surface area contributed by atoms with Crippen molar-refractivity contribution in [2.24, 2.45) is 0 Å². The van der Waals surface area contributed by atoms with E-state index in [1.807, 2.05) is 32.9 Å². The van der Waals surface area contributed by atoms with E-state index in [0.717, 1.165) is 16.7 Å². The fraction of sp³-hybridized carbons (Fsp3) is 0.600. The summed E-state index contributed by atoms with van der Waals surface area (Å²) in [6.45, 7) is 10.1. The Morgan fingerprint density at radius 2 is 1.80 bits per heavy atom. The minimum absolute atomic E-state index is 0.265. The first-order valence-corrected chi connectivity index (χ1v) is 8.99. The zero-order valence-corrected chi connectivity index (χ0v) is 14.6. The third kappa shape index (κ3) is 3.35. The average molecular weight is 318 g/mol. The number of halogens is 1. The molecule has 0 spiro atoms. The van der Waals surface area contributed by atoms with E-state index in [9.17, 15) is 8.42 Å². The van der Waals surface area contributed by atoms with Crippen LogP contribution in [-0.4, -0.2) is 26.0 Å². The van der Waals surface area contributed by atoms with Crippen LogP contribution in [0.5, 0.6) is 0 Å². The summed E-state index contributed by atoms with van der Waals surface area (Å²) in [4.78, 5) is 0. The van der Waals surface area contributed by atoms with Gasteiger partial charge in [0, 0.05) is 11.3 Å². The first-order chi connectivity index (χ1) is 9.02. The van der Waals surface area contributed by atoms with Crippen molar-refractivity contribution in [1.82, 2.24) is 5.32 Å². The van der Waals surface area contributed by atoms with Gasteiger partial charge >= 0.3 is 0 Å². The lowest BCUT2D eigenvalue weighted by atomic mass is 9.90. The molecule has 0 radical (unpaired) electrons. The van der Waals surface area contributed by atoms with Gasteiger partial charge in [0.25, 0.3) is 0 Å². The van der Waals surface area contributed by atoms with Crippen LogP contribution in [0.3, 0.4) is 0 Å². The van der Waals surface area contributed by atoms with E-state index in [2.05, 4.69) is 5.32 Å². The first kappa shape index (κ1) is 17.5. The molecule has 0 amide bonds. The Morgan fingerprint density at radius 3 is 2.25 bits per heavy atom. The Morgan fingerprint density at radius 1 is 1.25 bits per heavy atom. The molecule has 0 aliphatic heterocycles. The summed E-state index contributed by atoms with van der Waals surface area (Å²) < 4.78 is 23.4. The van der Waals surface area contributed by atoms with Crippen LogP contribution in [0.1, 0.15) is 43.5 Å². The molecule has 1 aromatic rings. The van der Waals surface area contributed by atoms with Crippen molar-refractivity contribution in [1.29, 1.82) is 0 Å². The van der Waals surface area contributed by atoms with Crippen molar-refractivity contribution in [2.45, 2.75) is 45.4 Å². The molecule has 1 N–H and O–H groups in total. The molecule has 0 heterocycles. The van der Waals surface area contributed by atoms with Crippen LogP contribution in [0, 0.1) is 13.8 Å². The molecule has 0 aliphatic carbocycles. The Kier molecular flexibility index (Phi) is 5.28. The Bertz CT molecular complexity index is 594. The van der Waals surface area contributed by atoms with Crippen LogP contribution in [0.2, 0.25) is 5.02 Å². The molecule has 0 bridgehead atoms. The zero-order chi connectivity index (χ0) is 15.7. The van der Waals surface area contributed by atoms with Gasteiger partial charge in [-0.05, 0) is 57.0 Å². The van der Waals surface area contributed by atoms with E-state index in [4.69, 9.17) is 11.6 Å². The van der Waals surface area contributed by atoms with Crippen molar-refractivity contribution in [3.8, 4) is 0 Å². The van der Waals surface area contributed by atoms with Crippen molar-refractivity contribution in [3.63, 3.8) is 0 Å². The maximum atomic E-state index is 12.1. The topological polar surface area (TPSA) is 46.2 Å². The second-order valence-electron chi connectivity index (χ2n) is 5.82. The zero-order valence-electron chi connectivity index (χ0n) is 13.0. The van der Waals surface area contributed by atoms with Crippen LogP contribution in [0.25, 0.3) is 0 Å². The number of rotatable bonds is 5. The minimum atomic E-state index is -3.21. The molecule has 20 heavy (non-hydrogen) atoms. The van der Waals surface area contributed by atoms with E-state index < -0.39 is 14.6 Å². The summed E-state index contributed by atoms with van der Waals surface area (Å²) in [5.74, 6) is 0. The highest BCUT2D eigenvalue weighted by molar-refractivity contribution is 7.92. The number of nitrogens with one attached hydrogen (secondary N) is 1. The van der Waals surface area contributed by atoms with E-state index in [1.165, 1.54) is 6.26 Å². The van der Waals surface area contributed by atoms with Crippen LogP contribution >= 0.6 is 11.6 Å². The van der Waals surface area contributed by atoms with Crippen molar-refractivity contribution in [3.05, 3.63) is 33.8 Å². The SMILES string of the molecule is CCNC(c1cc(C)c(Cl)cc1C)C(C)(C)S(C)(=O)=O. The quantitative estimate of drug-likeness (QED) is 0.905. The van der Waals surface area contributed by atoms with Crippen LogP contribution in [0.15, 0.2) is 12.1 Å². The summed E-state index contributed by atoms with van der Waals surface area (Å²) in [5.41, 5.74) is 2.95. The molecule has 0 saturated heterocycles. The van der Waals surface area contributed by atoms with Gasteiger partial charge in [-0.3, -0.25) is 0 Å². The molecule has 0 aromatic heterocycles. The molecule has 5 heteroatoms. The fourth-order valence-electron chi connectivity index (χ4n) is 2.26. The van der Waals surface area contributed by atoms with Crippen molar-refractivity contribution < 1.29 is 8.42 Å². The smallest absolute Gasteiger partial charge is 0.154 e. The fourth-order valence-corrected chi connectivity index (χ4v) is 3.12. The van der Waals surface area contributed by atoms with Crippen LogP contribution in [-0.2, 0) is 9.84 Å². The average Bonchev–Trinajstić information content (AvgIpc) is 2.29. The van der Waals surface area contributed by atoms with Gasteiger partial charge in [0.1, 0.15) is 0 Å². The lowest BCUT2D eigenvalue weighted by molar-refractivity contribution is 0.427. The van der Waals surface area contributed by atoms with Gasteiger partial charge in [-0.2, -0.15) is 0 Å². The Hall–Kier alpha value is -0.580. The number of benzene rings is 1. The summed E-state index contributed by atoms with van der Waals surface area (Å²) in [6, 6.07) is 3.62. The van der Waals surface area contributed by atoms with Gasteiger partial charge in [-0.15, -0.1) is 0 Å². The first-order valence-electron chi connectivity index (χ1n) is 6.72. The van der Waals surface area contributed by atoms with E-state index in [1.54, 1.807) is 13.8 Å². The molecule has 1 unspecified atom stereocenters. The van der Waals surface area contributed by atoms with Gasteiger partial charge in [0.05, 0.1) is 10.8 Å². The third-order valence-electron chi connectivity index (χ3n) is 3.92. The van der Waals surface area contributed by atoms with Gasteiger partial charge in [0.15, 0.2) is 9.84 Å². The predicted octanol–water partition coefficient (Wildman–Crippen LogP) is 3.43. The predicted molar refractivity (Wildman–Crippen MR) is 86.3 cm³/mol. The number of sulfone groups is 1. The normalized spacial score (nSPS) is 14.3. The molecule has 114 valence electrons. The molecule has 0 saturated carbocycles. The maximum Gasteiger partial charge on any atom is 0.154 e. The monoisotopic (exact) mass is 317 g/mol. The second-order valence-corrected chi connectivity index (χ2v) is 8.83. The van der Waals surface area contributed by atoms with E-state index in [-0.39, 0.29) is 6.04 Å². The molecule has 0 aliphatic rings. The van der Waals surface area contributed by atoms with Crippen molar-refractivity contribution in [2.75, 3.05) is 12.8 Å². The highest BCUT2D eigenvalue weighted by Crippen LogP contribution is 2.35. The molecule has 1 rings (SSSR count). The highest BCUT2D eigenvalue weighted by Gasteiger charge is 2.40. The molecular formula is C15H24ClNO2S. The lowest BCUT2D eigenvalue weighted by Crippen LogP contribution is -2.45. The largest absolute Gasteiger partial charge is 0.309 e. The van der Waals surface area contributed by atoms with Crippen LogP contribution < -0.4 is 5.32 Å². The standard InChI is InChI=1S/C15H24ClNO2S/c1-7-17-14(15(4,5)20(6,18)19)12-8-11(3)13(16)9-10(12)2/h8-9,14,17H,7H2,1-6H3. The van der Waals surface area contributed by atoms with E-state index >= 15 is 0 Å². The number of hydrogen-bond acceptors (Lipinski definition) is 3. The summed E-state index contributed by atoms with van der Waals surface area (Å²) in [6.07, 6.45) is 1.29. The Labute approximate surface area is 127 Å². The van der Waals surface area contributed by atoms with Gasteiger partial charge in [0.2, 0.25) is 0 Å². The summed E-state index contributed by atoms with van der Waals surface area (Å²) in [5, 5.41) is 4.02. The third-order valence-corrected chi connectivity index (χ3v) is 6.47. The molecule has 3 nitrogen and oxygen atoms in total. The maximum absolute atomic E-state index is 12.1. The summed E-state index contributed by atoms with van der Waals surface area (Å²) >= 11 is 6.13. The van der Waals surface area contributed by atoms with Crippen LogP contribution in [0.4, 0.5) is 0 Å². The highest BCUT2D eigenvalue weighted by atomic mass is 35.5. The Balaban J connectivity index is 3.46. The molecule has 0 fully saturated rings. The summed E-state index contributed by atoms with van der Waals surface area (Å²) in [7, 11) is -3.21. The van der Waals surface area contributed by atoms with Crippen molar-refractivity contribution >= 4 is 21.4 Å². The lowest BCUT2D eigenvalue weighted by Gasteiger charge is -2.35. The van der Waals surface area contributed by atoms with Gasteiger partial charge in [-0.1, -0.05) is 24.6 Å². The minimum Gasteiger partial charge on any atom is -0.309 e. The molecule has 1 atom stereocenters.